The fourth-order valence-corrected chi connectivity index (χ4v) is 2.72. The number of benzene rings is 1. The molecular formula is C12H19NOS. The van der Waals surface area contributed by atoms with Crippen LogP contribution in [0.2, 0.25) is 0 Å². The molecular weight excluding hydrogens is 206 g/mol. The Labute approximate surface area is 95.6 Å². The lowest BCUT2D eigenvalue weighted by Gasteiger charge is -2.25. The fraction of sp³-hybridized carbons (Fsp3) is 0.500. The van der Waals surface area contributed by atoms with Gasteiger partial charge in [0, 0.05) is 6.54 Å². The number of rotatable bonds is 4. The van der Waals surface area contributed by atoms with Crippen LogP contribution in [0.1, 0.15) is 26.3 Å². The van der Waals surface area contributed by atoms with E-state index in [9.17, 15) is 4.55 Å². The number of aryl methyl sites for hydroxylation is 1. The smallest absolute Gasteiger partial charge is 0.174 e. The molecule has 0 radical (unpaired) electrons. The van der Waals surface area contributed by atoms with Gasteiger partial charge in [0.1, 0.15) is 0 Å². The molecule has 0 aliphatic rings. The van der Waals surface area contributed by atoms with Crippen LogP contribution >= 0.6 is 0 Å². The van der Waals surface area contributed by atoms with Gasteiger partial charge < -0.3 is 4.55 Å². The molecule has 1 aromatic carbocycles. The third kappa shape index (κ3) is 3.23. The van der Waals surface area contributed by atoms with E-state index >= 15 is 0 Å². The van der Waals surface area contributed by atoms with Crippen LogP contribution in [0.25, 0.3) is 0 Å². The Kier molecular flexibility index (Phi) is 4.64. The van der Waals surface area contributed by atoms with Crippen molar-refractivity contribution in [2.75, 3.05) is 6.54 Å². The molecule has 0 amide bonds. The number of hydrogen-bond donors (Lipinski definition) is 0. The Balaban J connectivity index is 2.82. The molecule has 1 unspecified atom stereocenters. The van der Waals surface area contributed by atoms with Gasteiger partial charge in [-0.3, -0.25) is 0 Å². The van der Waals surface area contributed by atoms with Crippen LogP contribution < -0.4 is 0 Å². The van der Waals surface area contributed by atoms with Crippen molar-refractivity contribution < 1.29 is 4.55 Å². The zero-order valence-corrected chi connectivity index (χ0v) is 10.7. The number of hydrogen-bond acceptors (Lipinski definition) is 2. The summed E-state index contributed by atoms with van der Waals surface area (Å²) in [4.78, 5) is 0.885. The molecule has 0 saturated carbocycles. The Morgan fingerprint density at radius 3 is 2.20 bits per heavy atom. The van der Waals surface area contributed by atoms with Gasteiger partial charge in [0.25, 0.3) is 0 Å². The molecule has 0 heterocycles. The molecule has 0 fully saturated rings. The fourth-order valence-electron chi connectivity index (χ4n) is 1.46. The van der Waals surface area contributed by atoms with Crippen LogP contribution in [-0.4, -0.2) is 21.4 Å². The second-order valence-corrected chi connectivity index (χ2v) is 5.33. The first-order chi connectivity index (χ1) is 7.06. The van der Waals surface area contributed by atoms with Crippen molar-refractivity contribution in [3.05, 3.63) is 29.8 Å². The maximum absolute atomic E-state index is 12.2. The van der Waals surface area contributed by atoms with Crippen LogP contribution in [0, 0.1) is 6.92 Å². The molecule has 0 aliphatic carbocycles. The summed E-state index contributed by atoms with van der Waals surface area (Å²) in [7, 11) is 0. The van der Waals surface area contributed by atoms with Crippen molar-refractivity contribution in [3.8, 4) is 0 Å². The third-order valence-corrected chi connectivity index (χ3v) is 4.10. The van der Waals surface area contributed by atoms with Crippen molar-refractivity contribution in [3.63, 3.8) is 0 Å². The van der Waals surface area contributed by atoms with Crippen molar-refractivity contribution in [1.82, 2.24) is 4.31 Å². The van der Waals surface area contributed by atoms with Gasteiger partial charge in [-0.05, 0) is 39.8 Å². The second kappa shape index (κ2) is 5.54. The topological polar surface area (TPSA) is 26.3 Å². The van der Waals surface area contributed by atoms with Gasteiger partial charge in [0.2, 0.25) is 0 Å². The average Bonchev–Trinajstić information content (AvgIpc) is 2.19. The van der Waals surface area contributed by atoms with Gasteiger partial charge in [-0.2, -0.15) is 0 Å². The van der Waals surface area contributed by atoms with Crippen molar-refractivity contribution in [2.24, 2.45) is 0 Å². The summed E-state index contributed by atoms with van der Waals surface area (Å²) in [6, 6.07) is 8.19. The van der Waals surface area contributed by atoms with E-state index in [1.54, 1.807) is 0 Å². The summed E-state index contributed by atoms with van der Waals surface area (Å²) in [5, 5.41) is 0. The molecule has 0 N–H and O–H groups in total. The van der Waals surface area contributed by atoms with Gasteiger partial charge in [0.15, 0.2) is 4.90 Å². The maximum Gasteiger partial charge on any atom is 0.174 e. The highest BCUT2D eigenvalue weighted by atomic mass is 32.2. The summed E-state index contributed by atoms with van der Waals surface area (Å²) < 4.78 is 14.1. The van der Waals surface area contributed by atoms with E-state index in [4.69, 9.17) is 0 Å². The standard InChI is InChI=1S/C12H19NOS/c1-5-13(10(2)3)15(14)12-8-6-11(4)7-9-12/h6-10H,5H2,1-4H3. The number of nitrogens with zero attached hydrogens (tertiary/aromatic N) is 1. The average molecular weight is 225 g/mol. The zero-order chi connectivity index (χ0) is 11.4. The van der Waals surface area contributed by atoms with Crippen LogP contribution in [0.4, 0.5) is 0 Å². The minimum Gasteiger partial charge on any atom is -0.593 e. The van der Waals surface area contributed by atoms with Gasteiger partial charge in [-0.15, -0.1) is 4.31 Å². The molecule has 0 aromatic heterocycles. The van der Waals surface area contributed by atoms with Gasteiger partial charge in [-0.25, -0.2) is 0 Å². The first-order valence-electron chi connectivity index (χ1n) is 5.31. The van der Waals surface area contributed by atoms with E-state index in [2.05, 4.69) is 13.8 Å². The van der Waals surface area contributed by atoms with Crippen LogP contribution in [0.3, 0.4) is 0 Å². The van der Waals surface area contributed by atoms with E-state index in [0.29, 0.717) is 6.04 Å². The van der Waals surface area contributed by atoms with E-state index in [1.165, 1.54) is 5.56 Å². The lowest BCUT2D eigenvalue weighted by molar-refractivity contribution is 0.369. The molecule has 0 bridgehead atoms. The lowest BCUT2D eigenvalue weighted by atomic mass is 10.2. The summed E-state index contributed by atoms with van der Waals surface area (Å²) in [6.45, 7) is 9.00. The highest BCUT2D eigenvalue weighted by molar-refractivity contribution is 7.89. The van der Waals surface area contributed by atoms with Crippen molar-refractivity contribution >= 4 is 11.4 Å². The van der Waals surface area contributed by atoms with Crippen molar-refractivity contribution in [1.29, 1.82) is 0 Å². The Morgan fingerprint density at radius 2 is 1.80 bits per heavy atom. The van der Waals surface area contributed by atoms with Crippen LogP contribution in [0.5, 0.6) is 0 Å². The predicted octanol–water partition coefficient (Wildman–Crippen LogP) is 2.75. The maximum atomic E-state index is 12.2. The summed E-state index contributed by atoms with van der Waals surface area (Å²) in [6.07, 6.45) is 0. The Hall–Kier alpha value is -0.510. The van der Waals surface area contributed by atoms with Gasteiger partial charge in [0.05, 0.1) is 17.4 Å². The molecule has 1 aromatic rings. The first kappa shape index (κ1) is 12.6. The second-order valence-electron chi connectivity index (χ2n) is 3.89. The largest absolute Gasteiger partial charge is 0.593 e. The predicted molar refractivity (Wildman–Crippen MR) is 65.1 cm³/mol. The van der Waals surface area contributed by atoms with Crippen LogP contribution in [0.15, 0.2) is 29.2 Å². The highest BCUT2D eigenvalue weighted by Gasteiger charge is 2.23. The SMILES string of the molecule is CCN(C(C)C)[S+]([O-])c1ccc(C)cc1. The quantitative estimate of drug-likeness (QED) is 0.737. The Morgan fingerprint density at radius 1 is 1.27 bits per heavy atom. The molecule has 0 spiro atoms. The lowest BCUT2D eigenvalue weighted by Crippen LogP contribution is -2.36. The van der Waals surface area contributed by atoms with E-state index in [-0.39, 0.29) is 0 Å². The molecule has 84 valence electrons. The monoisotopic (exact) mass is 225 g/mol. The summed E-state index contributed by atoms with van der Waals surface area (Å²) in [5.74, 6) is 0. The van der Waals surface area contributed by atoms with Gasteiger partial charge in [-0.1, -0.05) is 17.7 Å². The van der Waals surface area contributed by atoms with E-state index in [0.717, 1.165) is 11.4 Å². The summed E-state index contributed by atoms with van der Waals surface area (Å²) in [5.41, 5.74) is 1.20. The molecule has 0 aliphatic heterocycles. The highest BCUT2D eigenvalue weighted by Crippen LogP contribution is 2.18. The molecule has 1 atom stereocenters. The molecule has 0 saturated heterocycles. The normalized spacial score (nSPS) is 13.5. The van der Waals surface area contributed by atoms with Crippen molar-refractivity contribution in [2.45, 2.75) is 38.6 Å². The zero-order valence-electron chi connectivity index (χ0n) is 9.86. The minimum atomic E-state index is -1.03. The molecule has 15 heavy (non-hydrogen) atoms. The minimum absolute atomic E-state index is 0.303. The molecule has 3 heteroatoms. The van der Waals surface area contributed by atoms with E-state index < -0.39 is 11.4 Å². The molecule has 2 nitrogen and oxygen atoms in total. The third-order valence-electron chi connectivity index (χ3n) is 2.32. The first-order valence-corrected chi connectivity index (χ1v) is 6.42. The van der Waals surface area contributed by atoms with Gasteiger partial charge >= 0.3 is 0 Å². The summed E-state index contributed by atoms with van der Waals surface area (Å²) >= 11 is -1.03. The van der Waals surface area contributed by atoms with E-state index in [1.807, 2.05) is 42.4 Å². The Bertz CT molecular complexity index is 297. The molecule has 1 rings (SSSR count). The van der Waals surface area contributed by atoms with Crippen LogP contribution in [-0.2, 0) is 11.4 Å².